The lowest BCUT2D eigenvalue weighted by Crippen LogP contribution is -2.47. The molecule has 1 aromatic carbocycles. The molecule has 2 atom stereocenters. The summed E-state index contributed by atoms with van der Waals surface area (Å²) in [6.07, 6.45) is 3.37. The van der Waals surface area contributed by atoms with Crippen LogP contribution < -0.4 is 10.6 Å². The second-order valence-electron chi connectivity index (χ2n) is 5.93. The van der Waals surface area contributed by atoms with E-state index in [1.165, 1.54) is 11.1 Å². The van der Waals surface area contributed by atoms with Gasteiger partial charge in [0.25, 0.3) is 0 Å². The van der Waals surface area contributed by atoms with Crippen molar-refractivity contribution in [3.63, 3.8) is 0 Å². The number of rotatable bonds is 2. The van der Waals surface area contributed by atoms with Crippen molar-refractivity contribution in [2.24, 2.45) is 0 Å². The Bertz CT molecular complexity index is 474. The first-order chi connectivity index (χ1) is 9.74. The predicted octanol–water partition coefficient (Wildman–Crippen LogP) is 2.03. The molecule has 0 spiro atoms. The van der Waals surface area contributed by atoms with Crippen LogP contribution in [0.5, 0.6) is 0 Å². The van der Waals surface area contributed by atoms with Crippen LogP contribution in [-0.4, -0.2) is 36.1 Å². The molecule has 4 heteroatoms. The molecule has 2 aliphatic rings. The summed E-state index contributed by atoms with van der Waals surface area (Å²) in [5.41, 5.74) is 2.40. The molecule has 2 N–H and O–H groups in total. The second kappa shape index (κ2) is 5.83. The van der Waals surface area contributed by atoms with E-state index in [4.69, 9.17) is 0 Å². The van der Waals surface area contributed by atoms with E-state index in [0.29, 0.717) is 18.6 Å². The van der Waals surface area contributed by atoms with Gasteiger partial charge in [-0.05, 0) is 38.3 Å². The fraction of sp³-hybridized carbons (Fsp3) is 0.562. The molecule has 2 amide bonds. The fourth-order valence-corrected chi connectivity index (χ4v) is 3.40. The fourth-order valence-electron chi connectivity index (χ4n) is 3.40. The molecule has 2 fully saturated rings. The molecular weight excluding hydrogens is 250 g/mol. The first-order valence-corrected chi connectivity index (χ1v) is 7.56. The third-order valence-electron chi connectivity index (χ3n) is 4.41. The summed E-state index contributed by atoms with van der Waals surface area (Å²) in [6.45, 7) is 4.66. The normalized spacial score (nSPS) is 25.4. The number of carbonyl (C=O) groups is 1. The molecule has 108 valence electrons. The number of amides is 2. The van der Waals surface area contributed by atoms with E-state index in [1.807, 2.05) is 6.07 Å². The summed E-state index contributed by atoms with van der Waals surface area (Å²) >= 11 is 0. The number of urea groups is 1. The van der Waals surface area contributed by atoms with Gasteiger partial charge < -0.3 is 15.5 Å². The zero-order valence-corrected chi connectivity index (χ0v) is 12.1. The molecule has 0 unspecified atom stereocenters. The highest BCUT2D eigenvalue weighted by Gasteiger charge is 2.37. The molecule has 2 bridgehead atoms. The van der Waals surface area contributed by atoms with Gasteiger partial charge in [0.05, 0.1) is 0 Å². The van der Waals surface area contributed by atoms with E-state index in [-0.39, 0.29) is 6.03 Å². The maximum Gasteiger partial charge on any atom is 0.318 e. The maximum atomic E-state index is 12.5. The van der Waals surface area contributed by atoms with Gasteiger partial charge >= 0.3 is 6.03 Å². The van der Waals surface area contributed by atoms with Crippen molar-refractivity contribution in [1.29, 1.82) is 0 Å². The number of hydrogen-bond donors (Lipinski definition) is 2. The summed E-state index contributed by atoms with van der Waals surface area (Å²) in [5, 5.41) is 6.51. The van der Waals surface area contributed by atoms with Crippen LogP contribution in [0.15, 0.2) is 24.3 Å². The molecule has 0 saturated carbocycles. The molecule has 20 heavy (non-hydrogen) atoms. The van der Waals surface area contributed by atoms with E-state index in [2.05, 4.69) is 40.7 Å². The number of nitrogens with zero attached hydrogens (tertiary/aromatic N) is 1. The van der Waals surface area contributed by atoms with Gasteiger partial charge in [0.15, 0.2) is 0 Å². The second-order valence-corrected chi connectivity index (χ2v) is 5.93. The zero-order valence-electron chi connectivity index (χ0n) is 12.1. The van der Waals surface area contributed by atoms with Gasteiger partial charge in [-0.25, -0.2) is 4.79 Å². The van der Waals surface area contributed by atoms with E-state index in [0.717, 1.165) is 32.4 Å². The Morgan fingerprint density at radius 1 is 1.35 bits per heavy atom. The van der Waals surface area contributed by atoms with Gasteiger partial charge in [0.2, 0.25) is 0 Å². The van der Waals surface area contributed by atoms with Crippen LogP contribution in [0, 0.1) is 6.92 Å². The third kappa shape index (κ3) is 2.80. The Morgan fingerprint density at radius 2 is 2.20 bits per heavy atom. The minimum Gasteiger partial charge on any atom is -0.334 e. The summed E-state index contributed by atoms with van der Waals surface area (Å²) < 4.78 is 0. The van der Waals surface area contributed by atoms with Crippen molar-refractivity contribution in [1.82, 2.24) is 15.5 Å². The van der Waals surface area contributed by atoms with Gasteiger partial charge in [0, 0.05) is 25.2 Å². The van der Waals surface area contributed by atoms with E-state index in [1.54, 1.807) is 0 Å². The minimum absolute atomic E-state index is 0.0997. The van der Waals surface area contributed by atoms with Crippen molar-refractivity contribution in [2.75, 3.05) is 13.1 Å². The highest BCUT2D eigenvalue weighted by molar-refractivity contribution is 5.75. The Labute approximate surface area is 120 Å². The Balaban J connectivity index is 1.61. The average Bonchev–Trinajstić information content (AvgIpc) is 2.69. The lowest BCUT2D eigenvalue weighted by Gasteiger charge is -2.28. The molecular formula is C16H23N3O. The summed E-state index contributed by atoms with van der Waals surface area (Å²) in [5.74, 6) is 0. The molecule has 4 nitrogen and oxygen atoms in total. The van der Waals surface area contributed by atoms with Crippen molar-refractivity contribution < 1.29 is 4.79 Å². The average molecular weight is 273 g/mol. The smallest absolute Gasteiger partial charge is 0.318 e. The highest BCUT2D eigenvalue weighted by atomic mass is 16.2. The maximum absolute atomic E-state index is 12.5. The minimum atomic E-state index is 0.0997. The van der Waals surface area contributed by atoms with Crippen LogP contribution in [0.2, 0.25) is 0 Å². The number of fused-ring (bicyclic) bond motifs is 2. The first-order valence-electron chi connectivity index (χ1n) is 7.56. The predicted molar refractivity (Wildman–Crippen MR) is 79.6 cm³/mol. The molecule has 2 heterocycles. The van der Waals surface area contributed by atoms with E-state index in [9.17, 15) is 4.79 Å². The van der Waals surface area contributed by atoms with Crippen molar-refractivity contribution >= 4 is 6.03 Å². The van der Waals surface area contributed by atoms with Crippen LogP contribution >= 0.6 is 0 Å². The van der Waals surface area contributed by atoms with Gasteiger partial charge in [-0.2, -0.15) is 0 Å². The van der Waals surface area contributed by atoms with Gasteiger partial charge in [-0.1, -0.05) is 29.8 Å². The van der Waals surface area contributed by atoms with Gasteiger partial charge in [-0.3, -0.25) is 0 Å². The third-order valence-corrected chi connectivity index (χ3v) is 4.41. The number of nitrogens with one attached hydrogen (secondary N) is 2. The van der Waals surface area contributed by atoms with Crippen molar-refractivity contribution in [3.05, 3.63) is 35.4 Å². The van der Waals surface area contributed by atoms with Crippen LogP contribution in [0.1, 0.15) is 30.4 Å². The number of hydrogen-bond acceptors (Lipinski definition) is 2. The highest BCUT2D eigenvalue weighted by Crippen LogP contribution is 2.27. The number of aryl methyl sites for hydroxylation is 1. The Hall–Kier alpha value is -1.55. The molecule has 0 aromatic heterocycles. The molecule has 3 rings (SSSR count). The number of benzene rings is 1. The topological polar surface area (TPSA) is 44.4 Å². The summed E-state index contributed by atoms with van der Waals surface area (Å²) in [6, 6.07) is 9.20. The monoisotopic (exact) mass is 273 g/mol. The lowest BCUT2D eigenvalue weighted by molar-refractivity contribution is 0.176. The standard InChI is InChI=1S/C16H23N3O/c1-12-3-2-4-13(9-12)10-18-16(20)19-14-5-6-15(19)11-17-8-7-14/h2-4,9,14-15,17H,5-8,10-11H2,1H3,(H,18,20)/t14-,15+/m1/s1. The SMILES string of the molecule is Cc1cccc(CNC(=O)N2[C@H]3CCNC[C@@H]2CC3)c1. The van der Waals surface area contributed by atoms with E-state index >= 15 is 0 Å². The largest absolute Gasteiger partial charge is 0.334 e. The van der Waals surface area contributed by atoms with Crippen molar-refractivity contribution in [2.45, 2.75) is 44.8 Å². The molecule has 2 aliphatic heterocycles. The first kappa shape index (κ1) is 13.4. The van der Waals surface area contributed by atoms with Crippen molar-refractivity contribution in [3.8, 4) is 0 Å². The molecule has 1 aromatic rings. The number of carbonyl (C=O) groups excluding carboxylic acids is 1. The lowest BCUT2D eigenvalue weighted by atomic mass is 10.1. The quantitative estimate of drug-likeness (QED) is 0.866. The van der Waals surface area contributed by atoms with Gasteiger partial charge in [-0.15, -0.1) is 0 Å². The van der Waals surface area contributed by atoms with Crippen LogP contribution in [0.4, 0.5) is 4.79 Å². The van der Waals surface area contributed by atoms with Crippen LogP contribution in [-0.2, 0) is 6.54 Å². The van der Waals surface area contributed by atoms with Gasteiger partial charge in [0.1, 0.15) is 0 Å². The molecule has 2 saturated heterocycles. The Morgan fingerprint density at radius 3 is 3.05 bits per heavy atom. The molecule has 0 aliphatic carbocycles. The van der Waals surface area contributed by atoms with Crippen LogP contribution in [0.3, 0.4) is 0 Å². The summed E-state index contributed by atoms with van der Waals surface area (Å²) in [7, 11) is 0. The van der Waals surface area contributed by atoms with Crippen LogP contribution in [0.25, 0.3) is 0 Å². The Kier molecular flexibility index (Phi) is 3.92. The summed E-state index contributed by atoms with van der Waals surface area (Å²) in [4.78, 5) is 14.5. The van der Waals surface area contributed by atoms with E-state index < -0.39 is 0 Å². The zero-order chi connectivity index (χ0) is 13.9. The molecule has 0 radical (unpaired) electrons.